The molecule has 3 nitrogen and oxygen atoms in total. The van der Waals surface area contributed by atoms with Crippen molar-refractivity contribution in [3.63, 3.8) is 0 Å². The van der Waals surface area contributed by atoms with Crippen LogP contribution in [0.15, 0.2) is 36.4 Å². The summed E-state index contributed by atoms with van der Waals surface area (Å²) in [6.07, 6.45) is 1.88. The van der Waals surface area contributed by atoms with Crippen LogP contribution < -0.4 is 5.73 Å². The van der Waals surface area contributed by atoms with Crippen molar-refractivity contribution >= 4 is 0 Å². The second-order valence-electron chi connectivity index (χ2n) is 4.60. The zero-order valence-electron chi connectivity index (χ0n) is 11.6. The molecule has 0 amide bonds. The fourth-order valence-electron chi connectivity index (χ4n) is 2.17. The smallest absolute Gasteiger partial charge is 0.0558 e. The van der Waals surface area contributed by atoms with Crippen LogP contribution in [0.5, 0.6) is 0 Å². The van der Waals surface area contributed by atoms with Gasteiger partial charge < -0.3 is 5.73 Å². The summed E-state index contributed by atoms with van der Waals surface area (Å²) in [5.41, 5.74) is 10.2. The molecular formula is C16H21N3. The van der Waals surface area contributed by atoms with E-state index in [1.165, 1.54) is 0 Å². The molecule has 0 atom stereocenters. The van der Waals surface area contributed by atoms with E-state index in [4.69, 9.17) is 5.73 Å². The summed E-state index contributed by atoms with van der Waals surface area (Å²) in [6.45, 7) is 4.75. The third kappa shape index (κ3) is 3.18. The predicted octanol–water partition coefficient (Wildman–Crippen LogP) is 2.69. The van der Waals surface area contributed by atoms with Crippen LogP contribution in [0.3, 0.4) is 0 Å². The van der Waals surface area contributed by atoms with E-state index in [1.807, 2.05) is 36.4 Å². The van der Waals surface area contributed by atoms with Gasteiger partial charge in [-0.3, -0.25) is 9.97 Å². The summed E-state index contributed by atoms with van der Waals surface area (Å²) in [4.78, 5) is 9.35. The summed E-state index contributed by atoms with van der Waals surface area (Å²) < 4.78 is 0. The summed E-state index contributed by atoms with van der Waals surface area (Å²) in [5, 5.41) is 0. The highest BCUT2D eigenvalue weighted by molar-refractivity contribution is 5.26. The van der Waals surface area contributed by atoms with Crippen molar-refractivity contribution < 1.29 is 0 Å². The number of pyridine rings is 2. The van der Waals surface area contributed by atoms with E-state index in [0.717, 1.165) is 35.6 Å². The second kappa shape index (κ2) is 6.43. The van der Waals surface area contributed by atoms with Gasteiger partial charge in [-0.15, -0.1) is 0 Å². The molecule has 0 aromatic carbocycles. The van der Waals surface area contributed by atoms with Crippen LogP contribution in [0.1, 0.15) is 42.5 Å². The zero-order chi connectivity index (χ0) is 13.7. The van der Waals surface area contributed by atoms with Crippen LogP contribution in [-0.4, -0.2) is 16.5 Å². The third-order valence-corrected chi connectivity index (χ3v) is 3.33. The number of nitrogens with two attached hydrogens (primary N) is 1. The van der Waals surface area contributed by atoms with Gasteiger partial charge in [-0.25, -0.2) is 0 Å². The standard InChI is InChI=1S/C16H21N3/c1-3-12-7-5-9-15(18-12)14(11-17)16-10-6-8-13(4-2)19-16/h5-10,14H,3-4,11,17H2,1-2H3. The maximum atomic E-state index is 5.94. The molecule has 2 heterocycles. The molecule has 0 fully saturated rings. The van der Waals surface area contributed by atoms with Crippen molar-refractivity contribution in [2.24, 2.45) is 5.73 Å². The Balaban J connectivity index is 2.37. The van der Waals surface area contributed by atoms with Gasteiger partial charge in [0.2, 0.25) is 0 Å². The Morgan fingerprint density at radius 3 is 1.74 bits per heavy atom. The van der Waals surface area contributed by atoms with E-state index < -0.39 is 0 Å². The lowest BCUT2D eigenvalue weighted by Gasteiger charge is -2.15. The number of rotatable bonds is 5. The highest BCUT2D eigenvalue weighted by Gasteiger charge is 2.15. The molecule has 2 aromatic heterocycles. The van der Waals surface area contributed by atoms with Gasteiger partial charge in [0.25, 0.3) is 0 Å². The summed E-state index contributed by atoms with van der Waals surface area (Å²) in [5.74, 6) is 0.0815. The Bertz CT molecular complexity index is 490. The molecular weight excluding hydrogens is 234 g/mol. The Kier molecular flexibility index (Phi) is 4.63. The minimum Gasteiger partial charge on any atom is -0.329 e. The van der Waals surface area contributed by atoms with Gasteiger partial charge in [-0.2, -0.15) is 0 Å². The molecule has 2 rings (SSSR count). The lowest BCUT2D eigenvalue weighted by molar-refractivity contribution is 0.744. The van der Waals surface area contributed by atoms with Gasteiger partial charge in [-0.05, 0) is 37.1 Å². The molecule has 0 unspecified atom stereocenters. The SMILES string of the molecule is CCc1cccc(C(CN)c2cccc(CC)n2)n1. The fourth-order valence-corrected chi connectivity index (χ4v) is 2.17. The van der Waals surface area contributed by atoms with Crippen molar-refractivity contribution in [3.05, 3.63) is 59.2 Å². The number of hydrogen-bond acceptors (Lipinski definition) is 3. The van der Waals surface area contributed by atoms with Gasteiger partial charge in [-0.1, -0.05) is 26.0 Å². The maximum absolute atomic E-state index is 5.94. The molecule has 0 saturated carbocycles. The fraction of sp³-hybridized carbons (Fsp3) is 0.375. The van der Waals surface area contributed by atoms with Crippen LogP contribution in [0.4, 0.5) is 0 Å². The van der Waals surface area contributed by atoms with Crippen LogP contribution in [-0.2, 0) is 12.8 Å². The monoisotopic (exact) mass is 255 g/mol. The summed E-state index contributed by atoms with van der Waals surface area (Å²) >= 11 is 0. The van der Waals surface area contributed by atoms with Crippen LogP contribution in [0.2, 0.25) is 0 Å². The number of hydrogen-bond donors (Lipinski definition) is 1. The maximum Gasteiger partial charge on any atom is 0.0558 e. The molecule has 0 aliphatic rings. The summed E-state index contributed by atoms with van der Waals surface area (Å²) in [6, 6.07) is 12.3. The molecule has 100 valence electrons. The number of nitrogens with zero attached hydrogens (tertiary/aromatic N) is 2. The molecule has 3 heteroatoms. The zero-order valence-corrected chi connectivity index (χ0v) is 11.6. The first kappa shape index (κ1) is 13.7. The van der Waals surface area contributed by atoms with Gasteiger partial charge in [0, 0.05) is 17.9 Å². The highest BCUT2D eigenvalue weighted by Crippen LogP contribution is 2.21. The Morgan fingerprint density at radius 1 is 0.895 bits per heavy atom. The topological polar surface area (TPSA) is 51.8 Å². The van der Waals surface area contributed by atoms with E-state index in [-0.39, 0.29) is 5.92 Å². The highest BCUT2D eigenvalue weighted by atomic mass is 14.8. The van der Waals surface area contributed by atoms with Crippen LogP contribution >= 0.6 is 0 Å². The molecule has 0 aliphatic heterocycles. The quantitative estimate of drug-likeness (QED) is 0.893. The van der Waals surface area contributed by atoms with Gasteiger partial charge >= 0.3 is 0 Å². The second-order valence-corrected chi connectivity index (χ2v) is 4.60. The van der Waals surface area contributed by atoms with Crippen LogP contribution in [0.25, 0.3) is 0 Å². The number of aromatic nitrogens is 2. The van der Waals surface area contributed by atoms with Crippen molar-refractivity contribution in [1.82, 2.24) is 9.97 Å². The number of aryl methyl sites for hydroxylation is 2. The summed E-state index contributed by atoms with van der Waals surface area (Å²) in [7, 11) is 0. The largest absolute Gasteiger partial charge is 0.329 e. The Morgan fingerprint density at radius 2 is 1.37 bits per heavy atom. The molecule has 2 aromatic rings. The van der Waals surface area contributed by atoms with Crippen molar-refractivity contribution in [2.45, 2.75) is 32.6 Å². The van der Waals surface area contributed by atoms with E-state index in [2.05, 4.69) is 23.8 Å². The van der Waals surface area contributed by atoms with Crippen molar-refractivity contribution in [3.8, 4) is 0 Å². The van der Waals surface area contributed by atoms with Crippen molar-refractivity contribution in [2.75, 3.05) is 6.54 Å². The minimum atomic E-state index is 0.0815. The van der Waals surface area contributed by atoms with Crippen LogP contribution in [0, 0.1) is 0 Å². The molecule has 2 N–H and O–H groups in total. The molecule has 19 heavy (non-hydrogen) atoms. The van der Waals surface area contributed by atoms with Gasteiger partial charge in [0.15, 0.2) is 0 Å². The van der Waals surface area contributed by atoms with Crippen molar-refractivity contribution in [1.29, 1.82) is 0 Å². The lowest BCUT2D eigenvalue weighted by Crippen LogP contribution is -2.17. The average molecular weight is 255 g/mol. The van der Waals surface area contributed by atoms with E-state index in [1.54, 1.807) is 0 Å². The first-order chi connectivity index (χ1) is 9.28. The van der Waals surface area contributed by atoms with E-state index >= 15 is 0 Å². The predicted molar refractivity (Wildman–Crippen MR) is 78.1 cm³/mol. The van der Waals surface area contributed by atoms with Gasteiger partial charge in [0.05, 0.1) is 17.3 Å². The molecule has 0 spiro atoms. The Hall–Kier alpha value is -1.74. The Labute approximate surface area is 114 Å². The van der Waals surface area contributed by atoms with Gasteiger partial charge in [0.1, 0.15) is 0 Å². The molecule has 0 bridgehead atoms. The first-order valence-electron chi connectivity index (χ1n) is 6.90. The molecule has 0 saturated heterocycles. The minimum absolute atomic E-state index is 0.0815. The first-order valence-corrected chi connectivity index (χ1v) is 6.90. The average Bonchev–Trinajstić information content (AvgIpc) is 2.48. The van der Waals surface area contributed by atoms with E-state index in [9.17, 15) is 0 Å². The lowest BCUT2D eigenvalue weighted by atomic mass is 9.99. The third-order valence-electron chi connectivity index (χ3n) is 3.33. The molecule has 0 aliphatic carbocycles. The normalized spacial score (nSPS) is 10.9. The molecule has 0 radical (unpaired) electrons. The van der Waals surface area contributed by atoms with E-state index in [0.29, 0.717) is 6.54 Å².